The number of hydrogen-bond acceptors (Lipinski definition) is 3. The molecule has 0 aliphatic carbocycles. The first-order chi connectivity index (χ1) is 4.73. The molecular formula is C6H7Li2O3P. The van der Waals surface area contributed by atoms with Crippen LogP contribution in [0, 0.1) is 0 Å². The van der Waals surface area contributed by atoms with E-state index in [4.69, 9.17) is 14.4 Å². The molecule has 1 rings (SSSR count). The van der Waals surface area contributed by atoms with Crippen LogP contribution in [0.25, 0.3) is 0 Å². The Morgan fingerprint density at radius 1 is 0.750 bits per heavy atom. The van der Waals surface area contributed by atoms with Crippen LogP contribution in [0.3, 0.4) is 0 Å². The summed E-state index contributed by atoms with van der Waals surface area (Å²) in [6.45, 7) is 0. The second-order valence-electron chi connectivity index (χ2n) is 1.40. The molecule has 0 aromatic heterocycles. The summed E-state index contributed by atoms with van der Waals surface area (Å²) in [5.41, 5.74) is 0. The van der Waals surface area contributed by atoms with Crippen LogP contribution in [0.4, 0.5) is 0 Å². The van der Waals surface area contributed by atoms with E-state index >= 15 is 0 Å². The number of rotatable bonds is 0. The van der Waals surface area contributed by atoms with Gasteiger partial charge in [0.05, 0.1) is 0 Å². The van der Waals surface area contributed by atoms with Crippen LogP contribution in [0.1, 0.15) is 0 Å². The number of benzene rings is 1. The molecule has 0 heterocycles. The fraction of sp³-hybridized carbons (Fsp3) is 0. The van der Waals surface area contributed by atoms with Gasteiger partial charge in [-0.1, -0.05) is 44.7 Å². The minimum atomic E-state index is -3.63. The Labute approximate surface area is 96.5 Å². The fourth-order valence-corrected chi connectivity index (χ4v) is 0.385. The van der Waals surface area contributed by atoms with Crippen LogP contribution in [0.2, 0.25) is 0 Å². The van der Waals surface area contributed by atoms with Crippen LogP contribution in [-0.2, 0) is 4.57 Å². The first kappa shape index (κ1) is 18.4. The molecule has 0 amide bonds. The largest absolute Gasteiger partial charge is 1.00 e. The standard InChI is InChI=1S/C6H6.2Li.H3O3P/c1-2-4-6-5-3-1;;;1-4(2)3/h1-6H;;;4H,(H2,1,2,3)/q;2*+1;/p-2. The molecule has 0 atom stereocenters. The van der Waals surface area contributed by atoms with E-state index in [1.807, 2.05) is 36.4 Å². The van der Waals surface area contributed by atoms with Gasteiger partial charge in [-0.25, -0.2) is 0 Å². The van der Waals surface area contributed by atoms with Crippen molar-refractivity contribution in [2.45, 2.75) is 0 Å². The Bertz CT molecular complexity index is 153. The van der Waals surface area contributed by atoms with Crippen LogP contribution in [0.15, 0.2) is 36.4 Å². The average Bonchev–Trinajstić information content (AvgIpc) is 1.90. The summed E-state index contributed by atoms with van der Waals surface area (Å²) >= 11 is 0. The van der Waals surface area contributed by atoms with Gasteiger partial charge in [-0.15, -0.1) is 0 Å². The Balaban J connectivity index is -0.000000124. The third-order valence-electron chi connectivity index (χ3n) is 0.667. The van der Waals surface area contributed by atoms with Gasteiger partial charge < -0.3 is 14.4 Å². The molecule has 0 unspecified atom stereocenters. The summed E-state index contributed by atoms with van der Waals surface area (Å²) in [7, 11) is -3.63. The van der Waals surface area contributed by atoms with E-state index in [0.29, 0.717) is 0 Å². The van der Waals surface area contributed by atoms with Gasteiger partial charge in [-0.3, -0.25) is 0 Å². The molecule has 0 N–H and O–H groups in total. The van der Waals surface area contributed by atoms with Gasteiger partial charge in [-0.2, -0.15) is 0 Å². The summed E-state index contributed by atoms with van der Waals surface area (Å²) in [5.74, 6) is 0. The van der Waals surface area contributed by atoms with Gasteiger partial charge in [-0.05, 0) is 0 Å². The van der Waals surface area contributed by atoms with Crippen molar-refractivity contribution in [3.63, 3.8) is 0 Å². The van der Waals surface area contributed by atoms with Crippen molar-refractivity contribution >= 4 is 8.25 Å². The maximum Gasteiger partial charge on any atom is 1.00 e. The van der Waals surface area contributed by atoms with Crippen molar-refractivity contribution in [2.75, 3.05) is 0 Å². The van der Waals surface area contributed by atoms with Gasteiger partial charge >= 0.3 is 37.7 Å². The maximum atomic E-state index is 8.52. The van der Waals surface area contributed by atoms with Crippen molar-refractivity contribution in [1.82, 2.24) is 0 Å². The fourth-order valence-electron chi connectivity index (χ4n) is 0.385. The molecule has 3 nitrogen and oxygen atoms in total. The monoisotopic (exact) mass is 172 g/mol. The molecule has 0 radical (unpaired) electrons. The van der Waals surface area contributed by atoms with E-state index in [0.717, 1.165) is 0 Å². The summed E-state index contributed by atoms with van der Waals surface area (Å²) in [6.07, 6.45) is 0. The molecule has 1 aromatic rings. The summed E-state index contributed by atoms with van der Waals surface area (Å²) < 4.78 is 8.52. The van der Waals surface area contributed by atoms with Crippen molar-refractivity contribution in [3.8, 4) is 0 Å². The van der Waals surface area contributed by atoms with Crippen LogP contribution in [-0.4, -0.2) is 0 Å². The quantitative estimate of drug-likeness (QED) is 0.289. The Morgan fingerprint density at radius 2 is 0.833 bits per heavy atom. The average molecular weight is 172 g/mol. The molecule has 1 aromatic carbocycles. The zero-order valence-corrected chi connectivity index (χ0v) is 8.19. The van der Waals surface area contributed by atoms with E-state index in [1.54, 1.807) is 0 Å². The van der Waals surface area contributed by atoms with Crippen molar-refractivity contribution in [1.29, 1.82) is 0 Å². The molecule has 0 aliphatic rings. The minimum Gasteiger partial charge on any atom is -0.813 e. The Kier molecular flexibility index (Phi) is 21.6. The zero-order chi connectivity index (χ0) is 7.82. The molecule has 6 heteroatoms. The van der Waals surface area contributed by atoms with Crippen molar-refractivity contribution in [2.24, 2.45) is 0 Å². The molecule has 56 valence electrons. The van der Waals surface area contributed by atoms with Crippen LogP contribution < -0.4 is 47.5 Å². The predicted octanol–water partition coefficient (Wildman–Crippen LogP) is -6.21. The van der Waals surface area contributed by atoms with Gasteiger partial charge in [0.15, 0.2) is 0 Å². The maximum absolute atomic E-state index is 8.52. The van der Waals surface area contributed by atoms with E-state index in [9.17, 15) is 0 Å². The molecule has 0 aliphatic heterocycles. The zero-order valence-electron chi connectivity index (χ0n) is 7.19. The Morgan fingerprint density at radius 3 is 0.917 bits per heavy atom. The molecule has 0 saturated heterocycles. The van der Waals surface area contributed by atoms with Crippen LogP contribution >= 0.6 is 8.25 Å². The normalized spacial score (nSPS) is 6.92. The summed E-state index contributed by atoms with van der Waals surface area (Å²) in [5, 5.41) is 0. The van der Waals surface area contributed by atoms with Crippen molar-refractivity contribution in [3.05, 3.63) is 36.4 Å². The molecule has 0 fully saturated rings. The van der Waals surface area contributed by atoms with Gasteiger partial charge in [0, 0.05) is 0 Å². The summed E-state index contributed by atoms with van der Waals surface area (Å²) in [4.78, 5) is 17.0. The van der Waals surface area contributed by atoms with Gasteiger partial charge in [0.1, 0.15) is 0 Å². The van der Waals surface area contributed by atoms with Gasteiger partial charge in [0.25, 0.3) is 0 Å². The smallest absolute Gasteiger partial charge is 0.813 e. The molecule has 0 bridgehead atoms. The summed E-state index contributed by atoms with van der Waals surface area (Å²) in [6, 6.07) is 12.0. The predicted molar refractivity (Wildman–Crippen MR) is 35.4 cm³/mol. The third-order valence-corrected chi connectivity index (χ3v) is 0.667. The van der Waals surface area contributed by atoms with E-state index in [2.05, 4.69) is 0 Å². The first-order valence-electron chi connectivity index (χ1n) is 2.61. The molecule has 0 saturated carbocycles. The van der Waals surface area contributed by atoms with Gasteiger partial charge in [0.2, 0.25) is 0 Å². The topological polar surface area (TPSA) is 63.2 Å². The SMILES string of the molecule is O=[PH]([O-])[O-].[Li+].[Li+].c1ccccc1. The Hall–Kier alpha value is 0.565. The van der Waals surface area contributed by atoms with E-state index in [1.165, 1.54) is 0 Å². The second-order valence-corrected chi connectivity index (χ2v) is 1.90. The number of hydrogen-bond donors (Lipinski definition) is 0. The van der Waals surface area contributed by atoms with Crippen molar-refractivity contribution < 1.29 is 52.1 Å². The molecular weight excluding hydrogens is 165 g/mol. The van der Waals surface area contributed by atoms with E-state index in [-0.39, 0.29) is 37.7 Å². The van der Waals surface area contributed by atoms with E-state index < -0.39 is 8.25 Å². The minimum absolute atomic E-state index is 0. The second kappa shape index (κ2) is 14.1. The molecule has 0 spiro atoms. The first-order valence-corrected chi connectivity index (χ1v) is 3.84. The molecule has 12 heavy (non-hydrogen) atoms. The van der Waals surface area contributed by atoms with Crippen LogP contribution in [0.5, 0.6) is 0 Å². The third kappa shape index (κ3) is 22.4.